The van der Waals surface area contributed by atoms with E-state index in [1.807, 2.05) is 0 Å². The quantitative estimate of drug-likeness (QED) is 0.650. The molecular weight excluding hydrogens is 250 g/mol. The second-order valence-electron chi connectivity index (χ2n) is 4.49. The first-order valence-electron chi connectivity index (χ1n) is 6.28. The van der Waals surface area contributed by atoms with Crippen LogP contribution in [0, 0.1) is 0 Å². The van der Waals surface area contributed by atoms with Crippen LogP contribution < -0.4 is 10.6 Å². The van der Waals surface area contributed by atoms with Crippen molar-refractivity contribution in [2.75, 3.05) is 13.1 Å². The molecule has 1 amide bonds. The fourth-order valence-corrected chi connectivity index (χ4v) is 2.02. The number of carboxylic acid groups (broad SMARTS) is 1. The summed E-state index contributed by atoms with van der Waals surface area (Å²) in [7, 11) is 0. The van der Waals surface area contributed by atoms with Crippen LogP contribution in [0.25, 0.3) is 0 Å². The predicted molar refractivity (Wildman–Crippen MR) is 65.3 cm³/mol. The van der Waals surface area contributed by atoms with Gasteiger partial charge in [0, 0.05) is 13.1 Å². The number of carbonyl (C=O) groups excluding carboxylic acids is 1. The van der Waals surface area contributed by atoms with Crippen LogP contribution >= 0.6 is 0 Å². The molecule has 1 fully saturated rings. The number of hydrogen-bond donors (Lipinski definition) is 3. The Labute approximate surface area is 110 Å². The lowest BCUT2D eigenvalue weighted by atomic mass is 10.1. The average Bonchev–Trinajstić information content (AvgIpc) is 2.71. The first-order chi connectivity index (χ1) is 9.16. The lowest BCUT2D eigenvalue weighted by molar-refractivity contribution is -0.136. The van der Waals surface area contributed by atoms with Crippen molar-refractivity contribution in [1.82, 2.24) is 25.6 Å². The van der Waals surface area contributed by atoms with Gasteiger partial charge in [-0.2, -0.15) is 0 Å². The second-order valence-corrected chi connectivity index (χ2v) is 4.49. The largest absolute Gasteiger partial charge is 0.480 e. The Balaban J connectivity index is 1.95. The molecular formula is C11H17N5O3. The number of hydrogen-bond acceptors (Lipinski definition) is 5. The molecule has 1 unspecified atom stereocenters. The van der Waals surface area contributed by atoms with Crippen LogP contribution in [-0.4, -0.2) is 45.1 Å². The van der Waals surface area contributed by atoms with E-state index in [1.165, 1.54) is 0 Å². The summed E-state index contributed by atoms with van der Waals surface area (Å²) in [6.07, 6.45) is 4.38. The molecule has 2 rings (SSSR count). The highest BCUT2D eigenvalue weighted by Crippen LogP contribution is 2.17. The molecule has 104 valence electrons. The highest BCUT2D eigenvalue weighted by atomic mass is 16.4. The van der Waals surface area contributed by atoms with Crippen LogP contribution in [-0.2, 0) is 16.1 Å². The van der Waals surface area contributed by atoms with Crippen molar-refractivity contribution >= 4 is 11.9 Å². The van der Waals surface area contributed by atoms with Crippen molar-refractivity contribution in [2.24, 2.45) is 0 Å². The Bertz CT molecular complexity index is 459. The van der Waals surface area contributed by atoms with E-state index in [2.05, 4.69) is 20.9 Å². The van der Waals surface area contributed by atoms with Gasteiger partial charge in [0.05, 0.1) is 18.4 Å². The van der Waals surface area contributed by atoms with Gasteiger partial charge in [0.2, 0.25) is 5.91 Å². The van der Waals surface area contributed by atoms with E-state index in [-0.39, 0.29) is 18.5 Å². The maximum Gasteiger partial charge on any atom is 0.317 e. The van der Waals surface area contributed by atoms with Gasteiger partial charge in [-0.1, -0.05) is 5.21 Å². The summed E-state index contributed by atoms with van der Waals surface area (Å²) in [5.41, 5.74) is 0.623. The predicted octanol–water partition coefficient (Wildman–Crippen LogP) is -0.707. The van der Waals surface area contributed by atoms with Gasteiger partial charge >= 0.3 is 5.97 Å². The van der Waals surface area contributed by atoms with Gasteiger partial charge in [0.15, 0.2) is 0 Å². The van der Waals surface area contributed by atoms with E-state index in [1.54, 1.807) is 10.9 Å². The molecule has 2 heterocycles. The van der Waals surface area contributed by atoms with Crippen LogP contribution in [0.1, 0.15) is 31.0 Å². The molecule has 1 aromatic rings. The van der Waals surface area contributed by atoms with Crippen molar-refractivity contribution < 1.29 is 14.7 Å². The number of aliphatic carboxylic acids is 1. The molecule has 0 radical (unpaired) electrons. The van der Waals surface area contributed by atoms with E-state index in [0.29, 0.717) is 18.8 Å². The molecule has 3 N–H and O–H groups in total. The molecule has 1 aromatic heterocycles. The zero-order valence-corrected chi connectivity index (χ0v) is 10.5. The third-order valence-corrected chi connectivity index (χ3v) is 2.97. The molecule has 8 heteroatoms. The Morgan fingerprint density at radius 2 is 2.42 bits per heavy atom. The van der Waals surface area contributed by atoms with Gasteiger partial charge in [-0.3, -0.25) is 9.59 Å². The van der Waals surface area contributed by atoms with Gasteiger partial charge in [-0.15, -0.1) is 5.10 Å². The van der Waals surface area contributed by atoms with Crippen LogP contribution in [0.2, 0.25) is 0 Å². The van der Waals surface area contributed by atoms with Crippen molar-refractivity contribution in [3.8, 4) is 0 Å². The molecule has 1 aliphatic heterocycles. The van der Waals surface area contributed by atoms with E-state index < -0.39 is 5.97 Å². The first kappa shape index (κ1) is 13.5. The maximum atomic E-state index is 11.8. The van der Waals surface area contributed by atoms with Crippen molar-refractivity contribution in [1.29, 1.82) is 0 Å². The number of nitrogens with zero attached hydrogens (tertiary/aromatic N) is 3. The molecule has 8 nitrogen and oxygen atoms in total. The van der Waals surface area contributed by atoms with Gasteiger partial charge < -0.3 is 15.7 Å². The highest BCUT2D eigenvalue weighted by Gasteiger charge is 2.23. The van der Waals surface area contributed by atoms with Gasteiger partial charge in [-0.05, 0) is 19.3 Å². The molecule has 1 atom stereocenters. The van der Waals surface area contributed by atoms with Gasteiger partial charge in [0.25, 0.3) is 0 Å². The lowest BCUT2D eigenvalue weighted by Gasteiger charge is -2.12. The normalized spacial score (nSPS) is 19.8. The monoisotopic (exact) mass is 267 g/mol. The molecule has 19 heavy (non-hydrogen) atoms. The average molecular weight is 267 g/mol. The Hall–Kier alpha value is -1.96. The number of nitrogens with one attached hydrogen (secondary N) is 2. The van der Waals surface area contributed by atoms with Crippen LogP contribution in [0.5, 0.6) is 0 Å². The first-order valence-corrected chi connectivity index (χ1v) is 6.28. The minimum Gasteiger partial charge on any atom is -0.480 e. The van der Waals surface area contributed by atoms with Crippen LogP contribution in [0.3, 0.4) is 0 Å². The number of carbonyl (C=O) groups is 2. The second kappa shape index (κ2) is 6.28. The van der Waals surface area contributed by atoms with Gasteiger partial charge in [-0.25, -0.2) is 4.68 Å². The van der Waals surface area contributed by atoms with E-state index >= 15 is 0 Å². The fraction of sp³-hybridized carbons (Fsp3) is 0.636. The number of aromatic nitrogens is 3. The van der Waals surface area contributed by atoms with Crippen molar-refractivity contribution in [3.63, 3.8) is 0 Å². The van der Waals surface area contributed by atoms with Gasteiger partial charge in [0.1, 0.15) is 6.04 Å². The van der Waals surface area contributed by atoms with Crippen LogP contribution in [0.15, 0.2) is 6.20 Å². The maximum absolute atomic E-state index is 11.8. The lowest BCUT2D eigenvalue weighted by Crippen LogP contribution is -2.31. The molecule has 1 aliphatic rings. The molecule has 0 aromatic carbocycles. The number of carboxylic acids is 1. The Kier molecular flexibility index (Phi) is 4.45. The third-order valence-electron chi connectivity index (χ3n) is 2.97. The minimum absolute atomic E-state index is 0.0348. The van der Waals surface area contributed by atoms with Crippen molar-refractivity contribution in [2.45, 2.75) is 31.8 Å². The molecule has 1 saturated heterocycles. The summed E-state index contributed by atoms with van der Waals surface area (Å²) >= 11 is 0. The Morgan fingerprint density at radius 3 is 3.21 bits per heavy atom. The van der Waals surface area contributed by atoms with Crippen LogP contribution in [0.4, 0.5) is 0 Å². The molecule has 0 aliphatic carbocycles. The third kappa shape index (κ3) is 3.75. The van der Waals surface area contributed by atoms with E-state index in [9.17, 15) is 9.59 Å². The van der Waals surface area contributed by atoms with E-state index in [0.717, 1.165) is 19.3 Å². The SMILES string of the molecule is O=C(O)CNCc1cn(C2CCCCNC2=O)nn1. The number of amides is 1. The Morgan fingerprint density at radius 1 is 1.58 bits per heavy atom. The molecule has 0 spiro atoms. The summed E-state index contributed by atoms with van der Waals surface area (Å²) < 4.78 is 1.55. The topological polar surface area (TPSA) is 109 Å². The van der Waals surface area contributed by atoms with Crippen molar-refractivity contribution in [3.05, 3.63) is 11.9 Å². The molecule has 0 bridgehead atoms. The number of rotatable bonds is 5. The zero-order valence-electron chi connectivity index (χ0n) is 10.5. The highest BCUT2D eigenvalue weighted by molar-refractivity contribution is 5.80. The summed E-state index contributed by atoms with van der Waals surface area (Å²) in [5, 5.41) is 22.0. The standard InChI is InChI=1S/C11H17N5O3/c17-10(18)6-12-5-8-7-16(15-14-8)9-3-1-2-4-13-11(9)19/h7,9,12H,1-6H2,(H,13,19)(H,17,18). The summed E-state index contributed by atoms with van der Waals surface area (Å²) in [4.78, 5) is 22.2. The zero-order chi connectivity index (χ0) is 13.7. The smallest absolute Gasteiger partial charge is 0.317 e. The fourth-order valence-electron chi connectivity index (χ4n) is 2.02. The molecule has 0 saturated carbocycles. The summed E-state index contributed by atoms with van der Waals surface area (Å²) in [6.45, 7) is 0.897. The summed E-state index contributed by atoms with van der Waals surface area (Å²) in [5.74, 6) is -0.956. The minimum atomic E-state index is -0.921. The van der Waals surface area contributed by atoms with E-state index in [4.69, 9.17) is 5.11 Å². The summed E-state index contributed by atoms with van der Waals surface area (Å²) in [6, 6.07) is -0.316.